The van der Waals surface area contributed by atoms with Gasteiger partial charge in [-0.05, 0) is 31.2 Å². The first-order valence-electron chi connectivity index (χ1n) is 11.1. The van der Waals surface area contributed by atoms with E-state index in [1.54, 1.807) is 67.2 Å². The van der Waals surface area contributed by atoms with Crippen LogP contribution in [0, 0.1) is 5.92 Å². The van der Waals surface area contributed by atoms with Crippen LogP contribution in [0.5, 0.6) is 23.0 Å². The molecule has 0 saturated heterocycles. The predicted molar refractivity (Wildman–Crippen MR) is 147 cm³/mol. The van der Waals surface area contributed by atoms with E-state index < -0.39 is 5.92 Å². The molecule has 8 nitrogen and oxygen atoms in total. The maximum absolute atomic E-state index is 13.0. The van der Waals surface area contributed by atoms with Gasteiger partial charge >= 0.3 is 0 Å². The van der Waals surface area contributed by atoms with Gasteiger partial charge in [-0.25, -0.2) is 0 Å². The SMILES string of the molecule is COc1cccc(OC)c1C(=S)N(C)CC(=O)C(C)C(=O)CN(C)C(=S)c1c(OC)cccc1OC. The van der Waals surface area contributed by atoms with Crippen LogP contribution in [0.2, 0.25) is 0 Å². The fourth-order valence-electron chi connectivity index (χ4n) is 3.57. The van der Waals surface area contributed by atoms with E-state index in [0.717, 1.165) is 0 Å². The number of ether oxygens (including phenoxy) is 4. The number of nitrogens with zero attached hydrogens (tertiary/aromatic N) is 2. The summed E-state index contributed by atoms with van der Waals surface area (Å²) >= 11 is 11.2. The number of Topliss-reactive ketones (excluding diaryl/α,β-unsaturated/α-hetero) is 2. The number of ketones is 2. The highest BCUT2D eigenvalue weighted by atomic mass is 32.1. The second kappa shape index (κ2) is 13.2. The standard InChI is InChI=1S/C26H32N2O6S2/c1-16(17(29)14-27(2)25(35)23-19(31-4)10-8-11-20(23)32-5)18(30)15-28(3)26(36)24-21(33-6)12-9-13-22(24)34-7/h8-13,16H,14-15H2,1-7H3. The summed E-state index contributed by atoms with van der Waals surface area (Å²) in [6.07, 6.45) is 0. The monoisotopic (exact) mass is 532 g/mol. The molecule has 0 atom stereocenters. The fourth-order valence-corrected chi connectivity index (χ4v) is 4.10. The number of benzene rings is 2. The van der Waals surface area contributed by atoms with Gasteiger partial charge < -0.3 is 28.7 Å². The molecule has 0 amide bonds. The first-order valence-corrected chi connectivity index (χ1v) is 11.9. The van der Waals surface area contributed by atoms with Gasteiger partial charge in [0.15, 0.2) is 11.6 Å². The van der Waals surface area contributed by atoms with Crippen molar-refractivity contribution in [1.82, 2.24) is 9.80 Å². The summed E-state index contributed by atoms with van der Waals surface area (Å²) in [4.78, 5) is 29.9. The van der Waals surface area contributed by atoms with E-state index in [1.165, 1.54) is 28.4 Å². The van der Waals surface area contributed by atoms with Crippen molar-refractivity contribution in [1.29, 1.82) is 0 Å². The molecule has 36 heavy (non-hydrogen) atoms. The molecule has 0 spiro atoms. The molecule has 0 saturated carbocycles. The van der Waals surface area contributed by atoms with Gasteiger partial charge in [-0.1, -0.05) is 36.6 Å². The quantitative estimate of drug-likeness (QED) is 0.300. The highest BCUT2D eigenvalue weighted by molar-refractivity contribution is 7.81. The van der Waals surface area contributed by atoms with Crippen LogP contribution >= 0.6 is 24.4 Å². The lowest BCUT2D eigenvalue weighted by Gasteiger charge is -2.25. The van der Waals surface area contributed by atoms with Crippen LogP contribution in [-0.2, 0) is 9.59 Å². The van der Waals surface area contributed by atoms with Crippen molar-refractivity contribution in [3.05, 3.63) is 47.5 Å². The Bertz CT molecular complexity index is 1010. The van der Waals surface area contributed by atoms with E-state index in [1.807, 2.05) is 0 Å². The van der Waals surface area contributed by atoms with Crippen molar-refractivity contribution in [3.63, 3.8) is 0 Å². The van der Waals surface area contributed by atoms with E-state index in [4.69, 9.17) is 43.4 Å². The third-order valence-corrected chi connectivity index (χ3v) is 6.76. The zero-order chi connectivity index (χ0) is 27.0. The zero-order valence-corrected chi connectivity index (χ0v) is 23.2. The number of rotatable bonds is 12. The molecule has 0 bridgehead atoms. The Morgan fingerprint density at radius 3 is 1.22 bits per heavy atom. The van der Waals surface area contributed by atoms with Gasteiger partial charge in [-0.2, -0.15) is 0 Å². The first kappa shape index (κ1) is 29.0. The van der Waals surface area contributed by atoms with E-state index in [2.05, 4.69) is 0 Å². The van der Waals surface area contributed by atoms with Crippen LogP contribution in [0.15, 0.2) is 36.4 Å². The predicted octanol–water partition coefficient (Wildman–Crippen LogP) is 3.41. The average molecular weight is 533 g/mol. The molecule has 0 aliphatic carbocycles. The van der Waals surface area contributed by atoms with Gasteiger partial charge in [0.25, 0.3) is 0 Å². The Morgan fingerprint density at radius 1 is 0.694 bits per heavy atom. The Kier molecular flexibility index (Phi) is 10.6. The van der Waals surface area contributed by atoms with Crippen LogP contribution in [0.25, 0.3) is 0 Å². The minimum atomic E-state index is -0.861. The molecule has 0 N–H and O–H groups in total. The van der Waals surface area contributed by atoms with Crippen molar-refractivity contribution >= 4 is 46.0 Å². The smallest absolute Gasteiger partial charge is 0.162 e. The number of thiocarbonyl (C=S) groups is 2. The second-order valence-corrected chi connectivity index (χ2v) is 8.83. The number of methoxy groups -OCH3 is 4. The van der Waals surface area contributed by atoms with E-state index >= 15 is 0 Å². The van der Waals surface area contributed by atoms with Gasteiger partial charge in [0.1, 0.15) is 33.0 Å². The molecule has 0 fully saturated rings. The Hall–Kier alpha value is -3.24. The van der Waals surface area contributed by atoms with Crippen molar-refractivity contribution in [2.24, 2.45) is 5.92 Å². The molecule has 2 aromatic carbocycles. The number of carbonyl (C=O) groups is 2. The van der Waals surface area contributed by atoms with Gasteiger partial charge in [-0.3, -0.25) is 9.59 Å². The fraction of sp³-hybridized carbons (Fsp3) is 0.385. The molecular formula is C26H32N2O6S2. The number of hydrogen-bond donors (Lipinski definition) is 0. The minimum absolute atomic E-state index is 0.0541. The first-order chi connectivity index (χ1) is 17.1. The summed E-state index contributed by atoms with van der Waals surface area (Å²) in [6, 6.07) is 10.6. The van der Waals surface area contributed by atoms with Crippen molar-refractivity contribution in [3.8, 4) is 23.0 Å². The Morgan fingerprint density at radius 2 is 0.972 bits per heavy atom. The Labute approximate surface area is 223 Å². The molecule has 194 valence electrons. The molecule has 0 heterocycles. The molecule has 0 aliphatic heterocycles. The molecule has 0 radical (unpaired) electrons. The molecule has 0 aliphatic rings. The largest absolute Gasteiger partial charge is 0.496 e. The minimum Gasteiger partial charge on any atom is -0.496 e. The second-order valence-electron chi connectivity index (χ2n) is 8.05. The summed E-state index contributed by atoms with van der Waals surface area (Å²) in [5.41, 5.74) is 1.14. The molecule has 10 heteroatoms. The van der Waals surface area contributed by atoms with Gasteiger partial charge in [-0.15, -0.1) is 0 Å². The van der Waals surface area contributed by atoms with Crippen molar-refractivity contribution in [2.75, 3.05) is 55.6 Å². The van der Waals surface area contributed by atoms with Crippen LogP contribution in [-0.4, -0.2) is 87.0 Å². The number of carbonyl (C=O) groups excluding carboxylic acids is 2. The lowest BCUT2D eigenvalue weighted by atomic mass is 10.00. The maximum atomic E-state index is 13.0. The zero-order valence-electron chi connectivity index (χ0n) is 21.6. The summed E-state index contributed by atoms with van der Waals surface area (Å²) in [6.45, 7) is 1.48. The highest BCUT2D eigenvalue weighted by Gasteiger charge is 2.27. The third-order valence-electron chi connectivity index (χ3n) is 5.73. The molecular weight excluding hydrogens is 500 g/mol. The summed E-state index contributed by atoms with van der Waals surface area (Å²) < 4.78 is 21.7. The van der Waals surface area contributed by atoms with Gasteiger partial charge in [0, 0.05) is 14.1 Å². The van der Waals surface area contributed by atoms with Crippen LogP contribution in [0.3, 0.4) is 0 Å². The maximum Gasteiger partial charge on any atom is 0.162 e. The summed E-state index contributed by atoms with van der Waals surface area (Å²) in [5, 5.41) is 0. The average Bonchev–Trinajstić information content (AvgIpc) is 2.90. The molecule has 2 aromatic rings. The molecule has 0 unspecified atom stereocenters. The van der Waals surface area contributed by atoms with Crippen molar-refractivity contribution in [2.45, 2.75) is 6.92 Å². The number of likely N-dealkylation sites (N-methyl/N-ethyl adjacent to an activating group) is 2. The van der Waals surface area contributed by atoms with Gasteiger partial charge in [0.05, 0.1) is 58.6 Å². The normalized spacial score (nSPS) is 10.4. The third kappa shape index (κ3) is 6.50. The van der Waals surface area contributed by atoms with Crippen LogP contribution < -0.4 is 18.9 Å². The molecule has 0 aromatic heterocycles. The number of hydrogen-bond acceptors (Lipinski definition) is 8. The lowest BCUT2D eigenvalue weighted by molar-refractivity contribution is -0.132. The van der Waals surface area contributed by atoms with E-state index in [0.29, 0.717) is 44.1 Å². The summed E-state index contributed by atoms with van der Waals surface area (Å²) in [7, 11) is 9.53. The van der Waals surface area contributed by atoms with Crippen molar-refractivity contribution < 1.29 is 28.5 Å². The van der Waals surface area contributed by atoms with E-state index in [-0.39, 0.29) is 24.7 Å². The topological polar surface area (TPSA) is 77.5 Å². The van der Waals surface area contributed by atoms with E-state index in [9.17, 15) is 9.59 Å². The lowest BCUT2D eigenvalue weighted by Crippen LogP contribution is -2.40. The van der Waals surface area contributed by atoms with Crippen LogP contribution in [0.1, 0.15) is 18.1 Å². The highest BCUT2D eigenvalue weighted by Crippen LogP contribution is 2.31. The molecule has 2 rings (SSSR count). The van der Waals surface area contributed by atoms with Crippen LogP contribution in [0.4, 0.5) is 0 Å². The van der Waals surface area contributed by atoms with Gasteiger partial charge in [0.2, 0.25) is 0 Å². The Balaban J connectivity index is 2.10. The summed E-state index contributed by atoms with van der Waals surface area (Å²) in [5.74, 6) is 0.726.